The highest BCUT2D eigenvalue weighted by molar-refractivity contribution is 6.43. The zero-order chi connectivity index (χ0) is 12.1. The monoisotopic (exact) mass is 279 g/mol. The van der Waals surface area contributed by atoms with Crippen LogP contribution in [0.2, 0.25) is 0 Å². The van der Waals surface area contributed by atoms with Gasteiger partial charge in [0, 0.05) is 35.3 Å². The molecule has 0 aromatic heterocycles. The van der Waals surface area contributed by atoms with E-state index in [4.69, 9.17) is 46.5 Å². The molecule has 16 heavy (non-hydrogen) atoms. The third-order valence-electron chi connectivity index (χ3n) is 1.56. The second-order valence-corrected chi connectivity index (χ2v) is 3.83. The van der Waals surface area contributed by atoms with E-state index in [1.165, 1.54) is 0 Å². The summed E-state index contributed by atoms with van der Waals surface area (Å²) < 4.78 is 1.56. The van der Waals surface area contributed by atoms with Gasteiger partial charge >= 0.3 is 0 Å². The molecule has 0 saturated heterocycles. The second kappa shape index (κ2) is 5.79. The molecule has 1 aromatic rings. The molecule has 0 radical (unpaired) electrons. The summed E-state index contributed by atoms with van der Waals surface area (Å²) in [4.78, 5) is 3.59. The molecule has 0 heterocycles. The molecule has 0 aliphatic carbocycles. The lowest BCUT2D eigenvalue weighted by molar-refractivity contribution is 1.02. The zero-order valence-electron chi connectivity index (χ0n) is 7.94. The van der Waals surface area contributed by atoms with Gasteiger partial charge < -0.3 is 5.73 Å². The lowest BCUT2D eigenvalue weighted by Gasteiger charge is -2.14. The van der Waals surface area contributed by atoms with Crippen LogP contribution in [0.5, 0.6) is 0 Å². The first-order valence-electron chi connectivity index (χ1n) is 4.07. The molecule has 1 rings (SSSR count). The molecule has 0 saturated carbocycles. The minimum absolute atomic E-state index is 0.107. The van der Waals surface area contributed by atoms with Gasteiger partial charge in [0.15, 0.2) is 0 Å². The van der Waals surface area contributed by atoms with Gasteiger partial charge in [-0.3, -0.25) is 5.41 Å². The van der Waals surface area contributed by atoms with Gasteiger partial charge in [0.25, 0.3) is 5.96 Å². The second-order valence-electron chi connectivity index (χ2n) is 2.64. The number of aliphatic imine (C=N–C) groups is 1. The minimum Gasteiger partial charge on any atom is -0.368 e. The molecule has 0 atom stereocenters. The van der Waals surface area contributed by atoms with Crippen molar-refractivity contribution in [1.29, 1.82) is 5.41 Å². The number of halogens is 3. The van der Waals surface area contributed by atoms with Crippen molar-refractivity contribution in [2.45, 2.75) is 0 Å². The van der Waals surface area contributed by atoms with Crippen molar-refractivity contribution < 1.29 is 0 Å². The van der Waals surface area contributed by atoms with E-state index in [9.17, 15) is 0 Å². The average Bonchev–Trinajstić information content (AvgIpc) is 2.28. The van der Waals surface area contributed by atoms with E-state index in [1.807, 2.05) is 6.07 Å². The fraction of sp³-hybridized carbons (Fsp3) is 0. The molecule has 86 valence electrons. The maximum Gasteiger partial charge on any atom is 0.251 e. The molecule has 1 aromatic carbocycles. The van der Waals surface area contributed by atoms with Crippen LogP contribution in [0, 0.1) is 5.41 Å². The molecule has 0 bridgehead atoms. The van der Waals surface area contributed by atoms with Crippen LogP contribution in [0.1, 0.15) is 0 Å². The summed E-state index contributed by atoms with van der Waals surface area (Å²) in [6.45, 7) is 0. The van der Waals surface area contributed by atoms with Crippen molar-refractivity contribution in [3.63, 3.8) is 0 Å². The van der Waals surface area contributed by atoms with E-state index in [0.717, 1.165) is 4.42 Å². The molecule has 0 amide bonds. The molecule has 3 N–H and O–H groups in total. The Morgan fingerprint density at radius 2 is 1.75 bits per heavy atom. The van der Waals surface area contributed by atoms with Gasteiger partial charge in [-0.15, -0.1) is 0 Å². The smallest absolute Gasteiger partial charge is 0.251 e. The zero-order valence-corrected chi connectivity index (χ0v) is 10.2. The number of rotatable bonds is 1. The molecular weight excluding hydrogens is 272 g/mol. The predicted molar refractivity (Wildman–Crippen MR) is 67.7 cm³/mol. The molecule has 0 fully saturated rings. The summed E-state index contributed by atoms with van der Waals surface area (Å²) in [6.07, 6.45) is 0. The standard InChI is InChI=1S/C8H8Cl3N5/c9-15(6-4-2-1-3-5-6)7(12)14-8(13)16(10)11/h1-5H,(H3,12,13,14). The Morgan fingerprint density at radius 1 is 1.19 bits per heavy atom. The molecule has 5 nitrogen and oxygen atoms in total. The highest BCUT2D eigenvalue weighted by Gasteiger charge is 2.09. The number of anilines is 1. The topological polar surface area (TPSA) is 68.7 Å². The predicted octanol–water partition coefficient (Wildman–Crippen LogP) is 2.51. The van der Waals surface area contributed by atoms with E-state index in [2.05, 4.69) is 4.99 Å². The molecule has 0 spiro atoms. The summed E-state index contributed by atoms with van der Waals surface area (Å²) in [5, 5.41) is 7.24. The van der Waals surface area contributed by atoms with Crippen molar-refractivity contribution in [3.8, 4) is 0 Å². The third-order valence-corrected chi connectivity index (χ3v) is 2.25. The normalized spacial score (nSPS) is 11.1. The first-order valence-corrected chi connectivity index (χ1v) is 5.09. The largest absolute Gasteiger partial charge is 0.368 e. The maximum absolute atomic E-state index is 7.24. The first kappa shape index (κ1) is 12.9. The SMILES string of the molecule is N=C(/N=C(\N)N(Cl)c1ccccc1)N(Cl)Cl. The highest BCUT2D eigenvalue weighted by atomic mass is 35.5. The number of nitrogens with two attached hydrogens (primary N) is 1. The highest BCUT2D eigenvalue weighted by Crippen LogP contribution is 2.15. The van der Waals surface area contributed by atoms with Gasteiger partial charge in [-0.1, -0.05) is 18.2 Å². The van der Waals surface area contributed by atoms with E-state index >= 15 is 0 Å². The van der Waals surface area contributed by atoms with Gasteiger partial charge in [0.05, 0.1) is 5.69 Å². The molecule has 0 aliphatic heterocycles. The Kier molecular flexibility index (Phi) is 4.67. The number of nitrogens with zero attached hydrogens (tertiary/aromatic N) is 3. The van der Waals surface area contributed by atoms with Crippen LogP contribution < -0.4 is 10.2 Å². The molecular formula is C8H8Cl3N5. The van der Waals surface area contributed by atoms with Gasteiger partial charge in [-0.25, -0.2) is 4.42 Å². The number of hydrogen-bond acceptors (Lipinski definition) is 1. The summed E-state index contributed by atoms with van der Waals surface area (Å²) in [7, 11) is 0. The Labute approximate surface area is 108 Å². The average molecular weight is 281 g/mol. The minimum atomic E-state index is -0.428. The van der Waals surface area contributed by atoms with E-state index in [0.29, 0.717) is 9.63 Å². The van der Waals surface area contributed by atoms with Crippen LogP contribution in [0.4, 0.5) is 5.69 Å². The van der Waals surface area contributed by atoms with Crippen molar-refractivity contribution in [2.75, 3.05) is 4.42 Å². The Morgan fingerprint density at radius 3 is 2.25 bits per heavy atom. The summed E-state index contributed by atoms with van der Waals surface area (Å²) in [6, 6.07) is 8.89. The lowest BCUT2D eigenvalue weighted by Crippen LogP contribution is -2.31. The number of benzene rings is 1. The van der Waals surface area contributed by atoms with E-state index < -0.39 is 5.96 Å². The van der Waals surface area contributed by atoms with Crippen molar-refractivity contribution >= 4 is 52.9 Å². The Hall–Kier alpha value is -1.17. The number of guanidine groups is 2. The van der Waals surface area contributed by atoms with E-state index in [1.54, 1.807) is 24.3 Å². The number of hydrogen-bond donors (Lipinski definition) is 2. The third kappa shape index (κ3) is 3.44. The number of para-hydroxylation sites is 1. The summed E-state index contributed by atoms with van der Waals surface area (Å²) in [5.74, 6) is -0.536. The summed E-state index contributed by atoms with van der Waals surface area (Å²) in [5.41, 5.74) is 6.17. The molecule has 0 unspecified atom stereocenters. The van der Waals surface area contributed by atoms with Gasteiger partial charge in [-0.05, 0) is 12.1 Å². The Balaban J connectivity index is 2.82. The quantitative estimate of drug-likeness (QED) is 0.472. The van der Waals surface area contributed by atoms with E-state index in [-0.39, 0.29) is 5.96 Å². The molecule has 0 aliphatic rings. The lowest BCUT2D eigenvalue weighted by atomic mass is 10.3. The van der Waals surface area contributed by atoms with Gasteiger partial charge in [-0.2, -0.15) is 8.93 Å². The van der Waals surface area contributed by atoms with Crippen molar-refractivity contribution in [2.24, 2.45) is 10.7 Å². The fourth-order valence-corrected chi connectivity index (χ4v) is 1.11. The van der Waals surface area contributed by atoms with Crippen LogP contribution in [0.3, 0.4) is 0 Å². The van der Waals surface area contributed by atoms with Crippen molar-refractivity contribution in [3.05, 3.63) is 30.3 Å². The summed E-state index contributed by atoms with van der Waals surface area (Å²) >= 11 is 16.4. The van der Waals surface area contributed by atoms with Crippen LogP contribution in [0.15, 0.2) is 35.3 Å². The van der Waals surface area contributed by atoms with Gasteiger partial charge in [0.1, 0.15) is 0 Å². The first-order chi connectivity index (χ1) is 7.52. The van der Waals surface area contributed by atoms with Crippen LogP contribution in [0.25, 0.3) is 0 Å². The van der Waals surface area contributed by atoms with Crippen LogP contribution in [-0.2, 0) is 0 Å². The maximum atomic E-state index is 7.24. The number of nitrogens with one attached hydrogen (secondary N) is 1. The Bertz CT molecular complexity index is 392. The van der Waals surface area contributed by atoms with Crippen LogP contribution >= 0.6 is 35.3 Å². The van der Waals surface area contributed by atoms with Crippen molar-refractivity contribution in [1.82, 2.24) is 3.94 Å². The fourth-order valence-electron chi connectivity index (χ4n) is 0.881. The van der Waals surface area contributed by atoms with Crippen LogP contribution in [-0.4, -0.2) is 15.9 Å². The van der Waals surface area contributed by atoms with Gasteiger partial charge in [0.2, 0.25) is 5.96 Å². The molecule has 8 heteroatoms.